The summed E-state index contributed by atoms with van der Waals surface area (Å²) >= 11 is 0. The van der Waals surface area contributed by atoms with Crippen LogP contribution in [-0.4, -0.2) is 25.6 Å². The Labute approximate surface area is 143 Å². The van der Waals surface area contributed by atoms with Crippen LogP contribution in [0.25, 0.3) is 0 Å². The summed E-state index contributed by atoms with van der Waals surface area (Å²) in [5.74, 6) is 0.873. The molecule has 126 valence electrons. The number of anilines is 1. The van der Waals surface area contributed by atoms with Gasteiger partial charge in [0.05, 0.1) is 7.11 Å². The highest BCUT2D eigenvalue weighted by Gasteiger charge is 2.25. The number of benzene rings is 2. The molecule has 1 heterocycles. The van der Waals surface area contributed by atoms with Gasteiger partial charge in [-0.3, -0.25) is 4.79 Å². The van der Waals surface area contributed by atoms with E-state index in [4.69, 9.17) is 4.74 Å². The topological polar surface area (TPSA) is 41.6 Å². The fourth-order valence-corrected chi connectivity index (χ4v) is 3.32. The molecular formula is C20H24N2O2. The minimum absolute atomic E-state index is 0.0671. The Morgan fingerprint density at radius 3 is 2.79 bits per heavy atom. The quantitative estimate of drug-likeness (QED) is 0.887. The highest BCUT2D eigenvalue weighted by Crippen LogP contribution is 2.31. The molecule has 4 nitrogen and oxygen atoms in total. The fraction of sp³-hybridized carbons (Fsp3) is 0.350. The van der Waals surface area contributed by atoms with Crippen LogP contribution in [0.3, 0.4) is 0 Å². The molecule has 0 aromatic heterocycles. The van der Waals surface area contributed by atoms with E-state index in [1.807, 2.05) is 24.3 Å². The number of methoxy groups -OCH3 is 1. The van der Waals surface area contributed by atoms with Crippen LogP contribution in [0.4, 0.5) is 5.69 Å². The van der Waals surface area contributed by atoms with E-state index in [2.05, 4.69) is 41.4 Å². The van der Waals surface area contributed by atoms with Gasteiger partial charge in [-0.1, -0.05) is 36.4 Å². The summed E-state index contributed by atoms with van der Waals surface area (Å²) in [4.78, 5) is 14.5. The molecule has 3 rings (SSSR count). The van der Waals surface area contributed by atoms with E-state index in [1.54, 1.807) is 7.11 Å². The lowest BCUT2D eigenvalue weighted by molar-refractivity contribution is -0.121. The maximum Gasteiger partial charge on any atom is 0.222 e. The lowest BCUT2D eigenvalue weighted by Gasteiger charge is -2.24. The van der Waals surface area contributed by atoms with Gasteiger partial charge in [-0.25, -0.2) is 0 Å². The second-order valence-electron chi connectivity index (χ2n) is 6.21. The van der Waals surface area contributed by atoms with Gasteiger partial charge in [0.15, 0.2) is 0 Å². The summed E-state index contributed by atoms with van der Waals surface area (Å²) < 4.78 is 5.31. The Balaban J connectivity index is 1.53. The van der Waals surface area contributed by atoms with Gasteiger partial charge in [0.25, 0.3) is 0 Å². The SMILES string of the molecule is COc1ccccc1CNC(=O)CCN1c2ccccc2CC1C. The third-order valence-electron chi connectivity index (χ3n) is 4.60. The molecule has 2 aromatic carbocycles. The number of ether oxygens (including phenoxy) is 1. The van der Waals surface area contributed by atoms with Crippen molar-refractivity contribution in [1.29, 1.82) is 0 Å². The van der Waals surface area contributed by atoms with Gasteiger partial charge in [0.2, 0.25) is 5.91 Å². The molecule has 4 heteroatoms. The Morgan fingerprint density at radius 1 is 1.21 bits per heavy atom. The number of carbonyl (C=O) groups is 1. The molecule has 2 aromatic rings. The highest BCUT2D eigenvalue weighted by atomic mass is 16.5. The van der Waals surface area contributed by atoms with Crippen LogP contribution in [0.5, 0.6) is 5.75 Å². The summed E-state index contributed by atoms with van der Waals surface area (Å²) in [5.41, 5.74) is 3.63. The van der Waals surface area contributed by atoms with Crippen molar-refractivity contribution in [1.82, 2.24) is 5.32 Å². The number of nitrogens with zero attached hydrogens (tertiary/aromatic N) is 1. The van der Waals surface area contributed by atoms with Crippen molar-refractivity contribution >= 4 is 11.6 Å². The van der Waals surface area contributed by atoms with Gasteiger partial charge >= 0.3 is 0 Å². The van der Waals surface area contributed by atoms with Crippen molar-refractivity contribution in [2.24, 2.45) is 0 Å². The van der Waals surface area contributed by atoms with Crippen LogP contribution >= 0.6 is 0 Å². The second kappa shape index (κ2) is 7.39. The van der Waals surface area contributed by atoms with E-state index in [1.165, 1.54) is 11.3 Å². The normalized spacial score (nSPS) is 15.9. The second-order valence-corrected chi connectivity index (χ2v) is 6.21. The lowest BCUT2D eigenvalue weighted by atomic mass is 10.1. The molecule has 1 N–H and O–H groups in total. The largest absolute Gasteiger partial charge is 0.496 e. The third-order valence-corrected chi connectivity index (χ3v) is 4.60. The Morgan fingerprint density at radius 2 is 1.96 bits per heavy atom. The summed E-state index contributed by atoms with van der Waals surface area (Å²) in [7, 11) is 1.65. The van der Waals surface area contributed by atoms with Gasteiger partial charge in [-0.15, -0.1) is 0 Å². The predicted molar refractivity (Wildman–Crippen MR) is 96.4 cm³/mol. The number of hydrogen-bond acceptors (Lipinski definition) is 3. The number of para-hydroxylation sites is 2. The van der Waals surface area contributed by atoms with E-state index < -0.39 is 0 Å². The molecule has 0 bridgehead atoms. The lowest BCUT2D eigenvalue weighted by Crippen LogP contribution is -2.34. The minimum atomic E-state index is 0.0671. The van der Waals surface area contributed by atoms with Crippen LogP contribution in [0, 0.1) is 0 Å². The molecule has 0 fully saturated rings. The third kappa shape index (κ3) is 3.53. The van der Waals surface area contributed by atoms with Crippen LogP contribution < -0.4 is 15.0 Å². The molecule has 1 amide bonds. The molecule has 1 atom stereocenters. The number of hydrogen-bond donors (Lipinski definition) is 1. The van der Waals surface area contributed by atoms with Crippen molar-refractivity contribution in [2.75, 3.05) is 18.6 Å². The van der Waals surface area contributed by atoms with Gasteiger partial charge in [-0.05, 0) is 31.0 Å². The van der Waals surface area contributed by atoms with Crippen molar-refractivity contribution in [3.05, 3.63) is 59.7 Å². The molecule has 1 unspecified atom stereocenters. The van der Waals surface area contributed by atoms with Gasteiger partial charge < -0.3 is 15.0 Å². The number of rotatable bonds is 6. The van der Waals surface area contributed by atoms with Crippen LogP contribution in [0.2, 0.25) is 0 Å². The number of carbonyl (C=O) groups excluding carboxylic acids is 1. The molecule has 0 saturated carbocycles. The molecule has 24 heavy (non-hydrogen) atoms. The summed E-state index contributed by atoms with van der Waals surface area (Å²) in [5, 5.41) is 2.99. The zero-order chi connectivity index (χ0) is 16.9. The highest BCUT2D eigenvalue weighted by molar-refractivity contribution is 5.77. The van der Waals surface area contributed by atoms with Gasteiger partial charge in [0.1, 0.15) is 5.75 Å². The first-order chi connectivity index (χ1) is 11.7. The zero-order valence-corrected chi connectivity index (χ0v) is 14.3. The van der Waals surface area contributed by atoms with E-state index >= 15 is 0 Å². The minimum Gasteiger partial charge on any atom is -0.496 e. The first-order valence-corrected chi connectivity index (χ1v) is 8.42. The van der Waals surface area contributed by atoms with E-state index in [0.29, 0.717) is 19.0 Å². The van der Waals surface area contributed by atoms with Crippen molar-refractivity contribution in [3.8, 4) is 5.75 Å². The number of amides is 1. The van der Waals surface area contributed by atoms with Crippen LogP contribution in [-0.2, 0) is 17.8 Å². The predicted octanol–water partition coefficient (Wildman–Crippen LogP) is 3.15. The van der Waals surface area contributed by atoms with Gasteiger partial charge in [0, 0.05) is 36.8 Å². The maximum atomic E-state index is 12.2. The first-order valence-electron chi connectivity index (χ1n) is 8.42. The first kappa shape index (κ1) is 16.4. The Kier molecular flexibility index (Phi) is 5.04. The Hall–Kier alpha value is -2.49. The molecule has 1 aliphatic rings. The zero-order valence-electron chi connectivity index (χ0n) is 14.3. The average molecular weight is 324 g/mol. The summed E-state index contributed by atoms with van der Waals surface area (Å²) in [6, 6.07) is 16.7. The summed E-state index contributed by atoms with van der Waals surface area (Å²) in [6.07, 6.45) is 1.55. The van der Waals surface area contributed by atoms with Gasteiger partial charge in [-0.2, -0.15) is 0 Å². The monoisotopic (exact) mass is 324 g/mol. The standard InChI is InChI=1S/C20H24N2O2/c1-15-13-16-7-3-5-9-18(16)22(15)12-11-20(23)21-14-17-8-4-6-10-19(17)24-2/h3-10,15H,11-14H2,1-2H3,(H,21,23). The van der Waals surface area contributed by atoms with Crippen LogP contribution in [0.1, 0.15) is 24.5 Å². The van der Waals surface area contributed by atoms with Crippen molar-refractivity contribution in [3.63, 3.8) is 0 Å². The van der Waals surface area contributed by atoms with Crippen molar-refractivity contribution < 1.29 is 9.53 Å². The molecule has 0 saturated heterocycles. The smallest absolute Gasteiger partial charge is 0.222 e. The van der Waals surface area contributed by atoms with Crippen LogP contribution in [0.15, 0.2) is 48.5 Å². The summed E-state index contributed by atoms with van der Waals surface area (Å²) in [6.45, 7) is 3.46. The van der Waals surface area contributed by atoms with E-state index in [0.717, 1.165) is 24.3 Å². The van der Waals surface area contributed by atoms with E-state index in [9.17, 15) is 4.79 Å². The Bertz CT molecular complexity index is 714. The molecule has 0 radical (unpaired) electrons. The molecule has 0 spiro atoms. The molecule has 1 aliphatic heterocycles. The van der Waals surface area contributed by atoms with Crippen molar-refractivity contribution in [2.45, 2.75) is 32.4 Å². The average Bonchev–Trinajstić information content (AvgIpc) is 2.93. The molecule has 0 aliphatic carbocycles. The number of nitrogens with one attached hydrogen (secondary N) is 1. The number of fused-ring (bicyclic) bond motifs is 1. The van der Waals surface area contributed by atoms with E-state index in [-0.39, 0.29) is 5.91 Å². The fourth-order valence-electron chi connectivity index (χ4n) is 3.32. The maximum absolute atomic E-state index is 12.2. The molecular weight excluding hydrogens is 300 g/mol.